The molecule has 1 saturated carbocycles. The first-order valence-corrected chi connectivity index (χ1v) is 6.71. The fourth-order valence-electron chi connectivity index (χ4n) is 1.55. The Morgan fingerprint density at radius 3 is 1.82 bits per heavy atom. The van der Waals surface area contributed by atoms with Crippen molar-refractivity contribution in [2.24, 2.45) is 0 Å². The Morgan fingerprint density at radius 2 is 1.41 bits per heavy atom. The minimum atomic E-state index is -0.403. The van der Waals surface area contributed by atoms with Gasteiger partial charge < -0.3 is 14.8 Å². The first-order valence-electron chi connectivity index (χ1n) is 6.71. The summed E-state index contributed by atoms with van der Waals surface area (Å²) in [6, 6.07) is 0.312. The highest BCUT2D eigenvalue weighted by Gasteiger charge is 2.23. The van der Waals surface area contributed by atoms with Gasteiger partial charge in [-0.05, 0) is 12.8 Å². The van der Waals surface area contributed by atoms with Crippen LogP contribution in [-0.4, -0.2) is 60.2 Å². The van der Waals surface area contributed by atoms with Crippen molar-refractivity contribution < 1.29 is 19.1 Å². The fourth-order valence-corrected chi connectivity index (χ4v) is 1.55. The number of carbonyl (C=O) groups is 2. The zero-order chi connectivity index (χ0) is 15.9. The number of amides is 2. The van der Waals surface area contributed by atoms with E-state index in [2.05, 4.69) is 30.9 Å². The lowest BCUT2D eigenvalue weighted by Gasteiger charge is -2.09. The lowest BCUT2D eigenvalue weighted by molar-refractivity contribution is -0.120. The Bertz CT molecular complexity index is 510. The molecule has 10 nitrogen and oxygen atoms in total. The summed E-state index contributed by atoms with van der Waals surface area (Å²) >= 11 is 0. The van der Waals surface area contributed by atoms with Crippen LogP contribution in [0, 0.1) is 0 Å². The van der Waals surface area contributed by atoms with Gasteiger partial charge in [0.2, 0.25) is 17.8 Å². The van der Waals surface area contributed by atoms with Crippen molar-refractivity contribution in [3.05, 3.63) is 0 Å². The number of nitrogens with one attached hydrogen (secondary N) is 3. The Labute approximate surface area is 127 Å². The maximum atomic E-state index is 11.5. The normalized spacial score (nSPS) is 13.5. The van der Waals surface area contributed by atoms with E-state index in [4.69, 9.17) is 9.47 Å². The van der Waals surface area contributed by atoms with Gasteiger partial charge in [-0.25, -0.2) is 0 Å². The van der Waals surface area contributed by atoms with Crippen molar-refractivity contribution in [1.29, 1.82) is 0 Å². The predicted molar refractivity (Wildman–Crippen MR) is 77.5 cm³/mol. The summed E-state index contributed by atoms with van der Waals surface area (Å²) in [5.74, 6) is -0.445. The third-order valence-corrected chi connectivity index (χ3v) is 2.60. The molecule has 1 heterocycles. The Hall–Kier alpha value is -2.33. The van der Waals surface area contributed by atoms with E-state index in [0.717, 1.165) is 12.8 Å². The number of ether oxygens (including phenoxy) is 2. The first-order chi connectivity index (χ1) is 10.6. The summed E-state index contributed by atoms with van der Waals surface area (Å²) in [5, 5.41) is 8.03. The highest BCUT2D eigenvalue weighted by Crippen LogP contribution is 2.23. The molecule has 1 aliphatic rings. The average Bonchev–Trinajstić information content (AvgIpc) is 3.22. The molecule has 0 aliphatic heterocycles. The summed E-state index contributed by atoms with van der Waals surface area (Å²) in [4.78, 5) is 35.2. The standard InChI is InChI=1S/C12H18N6O4/c1-21-5-8(19)14-11-16-10(13-7-3-4-7)17-12(18-11)15-9(20)6-22-2/h7H,3-6H2,1-2H3,(H3,13,14,15,16,17,18,19,20). The molecule has 1 aliphatic carbocycles. The molecule has 0 saturated heterocycles. The lowest BCUT2D eigenvalue weighted by atomic mass is 10.6. The van der Waals surface area contributed by atoms with Crippen LogP contribution in [0.3, 0.4) is 0 Å². The number of anilines is 3. The second-order valence-electron chi connectivity index (χ2n) is 4.69. The summed E-state index contributed by atoms with van der Waals surface area (Å²) in [6.45, 7) is -0.245. The quantitative estimate of drug-likeness (QED) is 0.592. The van der Waals surface area contributed by atoms with Gasteiger partial charge in [-0.3, -0.25) is 20.2 Å². The van der Waals surface area contributed by atoms with E-state index in [1.807, 2.05) is 0 Å². The van der Waals surface area contributed by atoms with Crippen molar-refractivity contribution in [1.82, 2.24) is 15.0 Å². The summed E-state index contributed by atoms with van der Waals surface area (Å²) in [5.41, 5.74) is 0. The molecule has 0 bridgehead atoms. The largest absolute Gasteiger partial charge is 0.375 e. The maximum absolute atomic E-state index is 11.5. The van der Waals surface area contributed by atoms with Gasteiger partial charge in [0.1, 0.15) is 13.2 Å². The average molecular weight is 310 g/mol. The Balaban J connectivity index is 2.12. The molecule has 1 aromatic rings. The fraction of sp³-hybridized carbons (Fsp3) is 0.583. The van der Waals surface area contributed by atoms with Crippen molar-refractivity contribution >= 4 is 29.7 Å². The topological polar surface area (TPSA) is 127 Å². The van der Waals surface area contributed by atoms with E-state index in [1.54, 1.807) is 0 Å². The van der Waals surface area contributed by atoms with Gasteiger partial charge in [0.05, 0.1) is 0 Å². The van der Waals surface area contributed by atoms with E-state index in [1.165, 1.54) is 14.2 Å². The van der Waals surface area contributed by atoms with Crippen LogP contribution in [0.5, 0.6) is 0 Å². The number of aromatic nitrogens is 3. The number of rotatable bonds is 8. The van der Waals surface area contributed by atoms with Crippen molar-refractivity contribution in [2.45, 2.75) is 18.9 Å². The number of hydrogen-bond donors (Lipinski definition) is 3. The van der Waals surface area contributed by atoms with Gasteiger partial charge in [-0.1, -0.05) is 0 Å². The lowest BCUT2D eigenvalue weighted by Crippen LogP contribution is -2.23. The highest BCUT2D eigenvalue weighted by atomic mass is 16.5. The molecule has 0 atom stereocenters. The van der Waals surface area contributed by atoms with Crippen LogP contribution in [0.15, 0.2) is 0 Å². The zero-order valence-corrected chi connectivity index (χ0v) is 12.4. The van der Waals surface area contributed by atoms with Gasteiger partial charge in [0.15, 0.2) is 0 Å². The van der Waals surface area contributed by atoms with Crippen LogP contribution in [0.4, 0.5) is 17.8 Å². The molecule has 120 valence electrons. The molecule has 0 unspecified atom stereocenters. The Morgan fingerprint density at radius 1 is 0.955 bits per heavy atom. The molecular weight excluding hydrogens is 292 g/mol. The number of methoxy groups -OCH3 is 2. The number of nitrogens with zero attached hydrogens (tertiary/aromatic N) is 3. The van der Waals surface area contributed by atoms with Crippen LogP contribution in [0.1, 0.15) is 12.8 Å². The van der Waals surface area contributed by atoms with E-state index >= 15 is 0 Å². The van der Waals surface area contributed by atoms with Crippen LogP contribution >= 0.6 is 0 Å². The molecule has 0 aromatic carbocycles. The second kappa shape index (κ2) is 7.61. The Kier molecular flexibility index (Phi) is 5.55. The van der Waals surface area contributed by atoms with Gasteiger partial charge in [-0.2, -0.15) is 15.0 Å². The molecule has 2 rings (SSSR count). The van der Waals surface area contributed by atoms with E-state index in [9.17, 15) is 9.59 Å². The molecule has 0 spiro atoms. The molecule has 3 N–H and O–H groups in total. The van der Waals surface area contributed by atoms with Crippen LogP contribution in [0.25, 0.3) is 0 Å². The van der Waals surface area contributed by atoms with Crippen LogP contribution in [-0.2, 0) is 19.1 Å². The van der Waals surface area contributed by atoms with Crippen LogP contribution in [0.2, 0.25) is 0 Å². The van der Waals surface area contributed by atoms with Crippen molar-refractivity contribution in [2.75, 3.05) is 43.4 Å². The van der Waals surface area contributed by atoms with Gasteiger partial charge in [-0.15, -0.1) is 0 Å². The van der Waals surface area contributed by atoms with E-state index < -0.39 is 11.8 Å². The smallest absolute Gasteiger partial charge is 0.252 e. The molecule has 1 aromatic heterocycles. The molecular formula is C12H18N6O4. The van der Waals surface area contributed by atoms with Crippen LogP contribution < -0.4 is 16.0 Å². The molecule has 2 amide bonds. The SMILES string of the molecule is COCC(=O)Nc1nc(NC(=O)COC)nc(NC2CC2)n1. The van der Waals surface area contributed by atoms with Gasteiger partial charge >= 0.3 is 0 Å². The predicted octanol–water partition coefficient (Wildman–Crippen LogP) is -0.384. The van der Waals surface area contributed by atoms with E-state index in [0.29, 0.717) is 6.04 Å². The van der Waals surface area contributed by atoms with Crippen molar-refractivity contribution in [3.8, 4) is 0 Å². The van der Waals surface area contributed by atoms with Crippen molar-refractivity contribution in [3.63, 3.8) is 0 Å². The zero-order valence-electron chi connectivity index (χ0n) is 12.4. The molecule has 1 fully saturated rings. The summed E-state index contributed by atoms with van der Waals surface area (Å²) in [7, 11) is 2.81. The van der Waals surface area contributed by atoms with Gasteiger partial charge in [0.25, 0.3) is 11.8 Å². The third kappa shape index (κ3) is 5.22. The van der Waals surface area contributed by atoms with Gasteiger partial charge in [0, 0.05) is 20.3 Å². The number of hydrogen-bond acceptors (Lipinski definition) is 8. The monoisotopic (exact) mass is 310 g/mol. The van der Waals surface area contributed by atoms with E-state index in [-0.39, 0.29) is 31.1 Å². The summed E-state index contributed by atoms with van der Waals surface area (Å²) < 4.78 is 9.44. The highest BCUT2D eigenvalue weighted by molar-refractivity contribution is 5.92. The molecule has 0 radical (unpaired) electrons. The number of carbonyl (C=O) groups excluding carboxylic acids is 2. The first kappa shape index (κ1) is 16.0. The second-order valence-corrected chi connectivity index (χ2v) is 4.69. The molecule has 22 heavy (non-hydrogen) atoms. The maximum Gasteiger partial charge on any atom is 0.252 e. The minimum Gasteiger partial charge on any atom is -0.375 e. The minimum absolute atomic E-state index is 0.0351. The molecule has 10 heteroatoms. The third-order valence-electron chi connectivity index (χ3n) is 2.60. The summed E-state index contributed by atoms with van der Waals surface area (Å²) in [6.07, 6.45) is 2.06.